The summed E-state index contributed by atoms with van der Waals surface area (Å²) in [5, 5.41) is 15.1. The first-order valence-corrected chi connectivity index (χ1v) is 8.69. The van der Waals surface area contributed by atoms with Gasteiger partial charge in [0.2, 0.25) is 11.8 Å². The molecule has 1 heterocycles. The number of benzene rings is 1. The highest BCUT2D eigenvalue weighted by atomic mass is 16.5. The highest BCUT2D eigenvalue weighted by Crippen LogP contribution is 2.16. The highest BCUT2D eigenvalue weighted by Gasteiger charge is 2.28. The lowest BCUT2D eigenvalue weighted by atomic mass is 10.0. The normalized spacial score (nSPS) is 21.9. The van der Waals surface area contributed by atoms with E-state index in [4.69, 9.17) is 9.47 Å². The van der Waals surface area contributed by atoms with E-state index in [1.807, 2.05) is 24.3 Å². The minimum atomic E-state index is -0.560. The standard InChI is InChI=1S/C19H26N2O5/c1-3-18(23)21-16-9-8-15(26-17(16)12-22)10-19(24)20-11-13-4-6-14(25-2)7-5-13/h4-9,15-17,22H,3,10-12H2,1-2H3,(H,20,24)(H,21,23)/t15-,16+,17+/m0/s1. The van der Waals surface area contributed by atoms with Gasteiger partial charge in [0.25, 0.3) is 0 Å². The third-order valence-electron chi connectivity index (χ3n) is 4.15. The van der Waals surface area contributed by atoms with Crippen LogP contribution >= 0.6 is 0 Å². The quantitative estimate of drug-likeness (QED) is 0.598. The molecule has 2 amide bonds. The summed E-state index contributed by atoms with van der Waals surface area (Å²) in [5.74, 6) is 0.501. The van der Waals surface area contributed by atoms with Gasteiger partial charge in [-0.25, -0.2) is 0 Å². The molecular formula is C19H26N2O5. The van der Waals surface area contributed by atoms with Gasteiger partial charge in [-0.1, -0.05) is 31.2 Å². The predicted octanol–water partition coefficient (Wildman–Crippen LogP) is 0.912. The second-order valence-electron chi connectivity index (χ2n) is 6.06. The number of hydrogen-bond donors (Lipinski definition) is 3. The summed E-state index contributed by atoms with van der Waals surface area (Å²) in [6.45, 7) is 1.94. The zero-order valence-electron chi connectivity index (χ0n) is 15.1. The van der Waals surface area contributed by atoms with Crippen molar-refractivity contribution in [3.05, 3.63) is 42.0 Å². The Morgan fingerprint density at radius 3 is 2.54 bits per heavy atom. The Bertz CT molecular complexity index is 629. The molecule has 0 saturated heterocycles. The summed E-state index contributed by atoms with van der Waals surface area (Å²) in [6, 6.07) is 7.07. The average Bonchev–Trinajstić information content (AvgIpc) is 2.67. The zero-order chi connectivity index (χ0) is 18.9. The van der Waals surface area contributed by atoms with Crippen LogP contribution in [0.5, 0.6) is 5.75 Å². The van der Waals surface area contributed by atoms with Crippen molar-refractivity contribution in [2.45, 2.75) is 44.6 Å². The van der Waals surface area contributed by atoms with Crippen molar-refractivity contribution < 1.29 is 24.2 Å². The van der Waals surface area contributed by atoms with Crippen LogP contribution in [0.4, 0.5) is 0 Å². The van der Waals surface area contributed by atoms with Crippen LogP contribution in [-0.4, -0.2) is 48.9 Å². The Balaban J connectivity index is 1.82. The van der Waals surface area contributed by atoms with Crippen LogP contribution in [0.2, 0.25) is 0 Å². The molecular weight excluding hydrogens is 336 g/mol. The molecule has 0 saturated carbocycles. The summed E-state index contributed by atoms with van der Waals surface area (Å²) < 4.78 is 10.8. The lowest BCUT2D eigenvalue weighted by Gasteiger charge is -2.31. The monoisotopic (exact) mass is 362 g/mol. The first kappa shape index (κ1) is 19.9. The van der Waals surface area contributed by atoms with Gasteiger partial charge in [-0.15, -0.1) is 0 Å². The van der Waals surface area contributed by atoms with Crippen molar-refractivity contribution in [1.82, 2.24) is 10.6 Å². The molecule has 1 aromatic rings. The van der Waals surface area contributed by atoms with Crippen LogP contribution in [-0.2, 0) is 20.9 Å². The van der Waals surface area contributed by atoms with E-state index in [0.29, 0.717) is 13.0 Å². The molecule has 0 unspecified atom stereocenters. The number of rotatable bonds is 8. The van der Waals surface area contributed by atoms with E-state index in [1.54, 1.807) is 26.2 Å². The molecule has 1 aliphatic rings. The van der Waals surface area contributed by atoms with Crippen LogP contribution in [0.25, 0.3) is 0 Å². The summed E-state index contributed by atoms with van der Waals surface area (Å²) >= 11 is 0. The van der Waals surface area contributed by atoms with Gasteiger partial charge < -0.3 is 25.2 Å². The first-order valence-electron chi connectivity index (χ1n) is 8.69. The van der Waals surface area contributed by atoms with Crippen LogP contribution in [0.15, 0.2) is 36.4 Å². The number of amides is 2. The van der Waals surface area contributed by atoms with E-state index in [9.17, 15) is 14.7 Å². The van der Waals surface area contributed by atoms with Crippen molar-refractivity contribution in [3.8, 4) is 5.75 Å². The largest absolute Gasteiger partial charge is 0.497 e. The van der Waals surface area contributed by atoms with Gasteiger partial charge in [-0.3, -0.25) is 9.59 Å². The molecule has 1 aliphatic heterocycles. The van der Waals surface area contributed by atoms with Crippen LogP contribution < -0.4 is 15.4 Å². The maximum atomic E-state index is 12.1. The molecule has 0 fully saturated rings. The van der Waals surface area contributed by atoms with E-state index < -0.39 is 12.2 Å². The molecule has 3 N–H and O–H groups in total. The van der Waals surface area contributed by atoms with Crippen LogP contribution in [0.1, 0.15) is 25.3 Å². The van der Waals surface area contributed by atoms with Crippen molar-refractivity contribution in [3.63, 3.8) is 0 Å². The number of ether oxygens (including phenoxy) is 2. The van der Waals surface area contributed by atoms with E-state index in [0.717, 1.165) is 11.3 Å². The maximum absolute atomic E-state index is 12.1. The van der Waals surface area contributed by atoms with Crippen molar-refractivity contribution in [2.75, 3.05) is 13.7 Å². The fraction of sp³-hybridized carbons (Fsp3) is 0.474. The highest BCUT2D eigenvalue weighted by molar-refractivity contribution is 5.77. The molecule has 1 aromatic carbocycles. The third kappa shape index (κ3) is 5.86. The van der Waals surface area contributed by atoms with Gasteiger partial charge in [0.05, 0.1) is 32.3 Å². The Kier molecular flexibility index (Phi) is 7.62. The molecule has 2 rings (SSSR count). The van der Waals surface area contributed by atoms with Crippen LogP contribution in [0.3, 0.4) is 0 Å². The first-order chi connectivity index (χ1) is 12.5. The summed E-state index contributed by atoms with van der Waals surface area (Å²) in [4.78, 5) is 23.6. The fourth-order valence-electron chi connectivity index (χ4n) is 2.62. The molecule has 0 aliphatic carbocycles. The lowest BCUT2D eigenvalue weighted by Crippen LogP contribution is -2.48. The smallest absolute Gasteiger partial charge is 0.223 e. The molecule has 26 heavy (non-hydrogen) atoms. The van der Waals surface area contributed by atoms with Crippen molar-refractivity contribution in [2.24, 2.45) is 0 Å². The Hall–Kier alpha value is -2.38. The molecule has 7 heteroatoms. The van der Waals surface area contributed by atoms with E-state index in [-0.39, 0.29) is 30.9 Å². The molecule has 0 aromatic heterocycles. The van der Waals surface area contributed by atoms with Gasteiger partial charge in [-0.05, 0) is 17.7 Å². The Labute approximate surface area is 153 Å². The average molecular weight is 362 g/mol. The van der Waals surface area contributed by atoms with E-state index in [2.05, 4.69) is 10.6 Å². The predicted molar refractivity (Wildman–Crippen MR) is 96.6 cm³/mol. The zero-order valence-corrected chi connectivity index (χ0v) is 15.1. The van der Waals surface area contributed by atoms with Gasteiger partial charge in [-0.2, -0.15) is 0 Å². The fourth-order valence-corrected chi connectivity index (χ4v) is 2.62. The van der Waals surface area contributed by atoms with Gasteiger partial charge in [0, 0.05) is 13.0 Å². The molecule has 0 spiro atoms. The molecule has 142 valence electrons. The number of aliphatic hydroxyl groups excluding tert-OH is 1. The third-order valence-corrected chi connectivity index (χ3v) is 4.15. The Morgan fingerprint density at radius 2 is 1.92 bits per heavy atom. The topological polar surface area (TPSA) is 96.9 Å². The maximum Gasteiger partial charge on any atom is 0.223 e. The van der Waals surface area contributed by atoms with Gasteiger partial charge in [0.1, 0.15) is 11.9 Å². The number of hydrogen-bond acceptors (Lipinski definition) is 5. The lowest BCUT2D eigenvalue weighted by molar-refractivity contribution is -0.128. The number of aliphatic hydroxyl groups is 1. The van der Waals surface area contributed by atoms with E-state index >= 15 is 0 Å². The van der Waals surface area contributed by atoms with Gasteiger partial charge >= 0.3 is 0 Å². The second-order valence-corrected chi connectivity index (χ2v) is 6.06. The molecule has 3 atom stereocenters. The summed E-state index contributed by atoms with van der Waals surface area (Å²) in [5.41, 5.74) is 0.967. The molecule has 0 bridgehead atoms. The SMILES string of the molecule is CCC(=O)N[C@@H]1C=C[C@@H](CC(=O)NCc2ccc(OC)cc2)O[C@@H]1CO. The second kappa shape index (κ2) is 9.94. The number of carbonyl (C=O) groups excluding carboxylic acids is 2. The number of carbonyl (C=O) groups is 2. The Morgan fingerprint density at radius 1 is 1.19 bits per heavy atom. The minimum Gasteiger partial charge on any atom is -0.497 e. The molecule has 7 nitrogen and oxygen atoms in total. The van der Waals surface area contributed by atoms with Gasteiger partial charge in [0.15, 0.2) is 0 Å². The minimum absolute atomic E-state index is 0.114. The molecule has 0 radical (unpaired) electrons. The number of methoxy groups -OCH3 is 1. The summed E-state index contributed by atoms with van der Waals surface area (Å²) in [7, 11) is 1.60. The van der Waals surface area contributed by atoms with E-state index in [1.165, 1.54) is 0 Å². The van der Waals surface area contributed by atoms with Crippen molar-refractivity contribution in [1.29, 1.82) is 0 Å². The van der Waals surface area contributed by atoms with Crippen LogP contribution in [0, 0.1) is 0 Å². The number of nitrogens with one attached hydrogen (secondary N) is 2. The van der Waals surface area contributed by atoms with Crippen molar-refractivity contribution >= 4 is 11.8 Å². The summed E-state index contributed by atoms with van der Waals surface area (Å²) in [6.07, 6.45) is 3.05.